The second-order valence-electron chi connectivity index (χ2n) is 5.84. The van der Waals surface area contributed by atoms with Gasteiger partial charge in [0.1, 0.15) is 0 Å². The zero-order chi connectivity index (χ0) is 12.1. The number of nitrogens with two attached hydrogens (primary N) is 1. The molecule has 2 fully saturated rings. The first-order valence-electron chi connectivity index (χ1n) is 7.09. The molecule has 2 aromatic rings. The normalized spacial score (nSPS) is 20.9. The average Bonchev–Trinajstić information content (AvgIpc) is 2.90. The summed E-state index contributed by atoms with van der Waals surface area (Å²) in [4.78, 5) is 0. The molecule has 0 aliphatic heterocycles. The number of fused-ring (bicyclic) bond motifs is 1. The maximum atomic E-state index is 6.15. The van der Waals surface area contributed by atoms with Crippen LogP contribution < -0.4 is 5.73 Å². The molecule has 2 aliphatic carbocycles. The van der Waals surface area contributed by atoms with Crippen molar-refractivity contribution in [2.75, 3.05) is 5.73 Å². The van der Waals surface area contributed by atoms with E-state index in [4.69, 9.17) is 5.73 Å². The van der Waals surface area contributed by atoms with E-state index in [9.17, 15) is 0 Å². The van der Waals surface area contributed by atoms with Crippen LogP contribution in [0.25, 0.3) is 10.9 Å². The third-order valence-corrected chi connectivity index (χ3v) is 4.49. The number of rotatable bonds is 2. The van der Waals surface area contributed by atoms with E-state index in [1.165, 1.54) is 55.0 Å². The lowest BCUT2D eigenvalue weighted by Crippen LogP contribution is -2.06. The van der Waals surface area contributed by atoms with Crippen molar-refractivity contribution in [1.82, 2.24) is 9.78 Å². The van der Waals surface area contributed by atoms with Crippen LogP contribution in [0.1, 0.15) is 56.0 Å². The van der Waals surface area contributed by atoms with Gasteiger partial charge >= 0.3 is 0 Å². The maximum absolute atomic E-state index is 6.15. The van der Waals surface area contributed by atoms with E-state index in [1.807, 2.05) is 6.20 Å². The summed E-state index contributed by atoms with van der Waals surface area (Å²) in [5.41, 5.74) is 9.75. The van der Waals surface area contributed by atoms with E-state index >= 15 is 0 Å². The van der Waals surface area contributed by atoms with Gasteiger partial charge in [0.2, 0.25) is 0 Å². The predicted molar refractivity (Wildman–Crippen MR) is 73.6 cm³/mol. The first-order valence-corrected chi connectivity index (χ1v) is 7.09. The topological polar surface area (TPSA) is 43.8 Å². The highest BCUT2D eigenvalue weighted by atomic mass is 15.3. The Bertz CT molecular complexity index is 589. The van der Waals surface area contributed by atoms with Crippen molar-refractivity contribution in [2.45, 2.75) is 50.5 Å². The van der Waals surface area contributed by atoms with Gasteiger partial charge in [-0.1, -0.05) is 12.8 Å². The van der Waals surface area contributed by atoms with Gasteiger partial charge in [0.05, 0.1) is 17.8 Å². The van der Waals surface area contributed by atoms with Gasteiger partial charge in [-0.2, -0.15) is 5.10 Å². The molecule has 3 nitrogen and oxygen atoms in total. The highest BCUT2D eigenvalue weighted by molar-refractivity contribution is 5.84. The lowest BCUT2D eigenvalue weighted by molar-refractivity contribution is 0.482. The van der Waals surface area contributed by atoms with Gasteiger partial charge in [-0.15, -0.1) is 0 Å². The number of aromatic nitrogens is 2. The second-order valence-corrected chi connectivity index (χ2v) is 5.84. The van der Waals surface area contributed by atoms with Crippen LogP contribution in [0, 0.1) is 0 Å². The molecule has 0 unspecified atom stereocenters. The summed E-state index contributed by atoms with van der Waals surface area (Å²) < 4.78 is 2.24. The van der Waals surface area contributed by atoms with Crippen molar-refractivity contribution >= 4 is 16.6 Å². The Morgan fingerprint density at radius 1 is 1.11 bits per heavy atom. The van der Waals surface area contributed by atoms with Gasteiger partial charge in [0, 0.05) is 11.1 Å². The molecule has 94 valence electrons. The Labute approximate surface area is 107 Å². The monoisotopic (exact) mass is 241 g/mol. The van der Waals surface area contributed by atoms with Gasteiger partial charge < -0.3 is 5.73 Å². The van der Waals surface area contributed by atoms with Gasteiger partial charge in [-0.05, 0) is 49.3 Å². The molecule has 0 amide bonds. The maximum Gasteiger partial charge on any atom is 0.0690 e. The Kier molecular flexibility index (Phi) is 2.16. The van der Waals surface area contributed by atoms with Gasteiger partial charge in [-0.3, -0.25) is 4.68 Å². The molecule has 0 spiro atoms. The molecule has 18 heavy (non-hydrogen) atoms. The Morgan fingerprint density at radius 2 is 1.89 bits per heavy atom. The minimum Gasteiger partial charge on any atom is -0.398 e. The fourth-order valence-corrected chi connectivity index (χ4v) is 3.31. The zero-order valence-corrected chi connectivity index (χ0v) is 10.6. The molecule has 1 aromatic heterocycles. The molecule has 2 aliphatic rings. The van der Waals surface area contributed by atoms with Crippen molar-refractivity contribution in [3.8, 4) is 0 Å². The highest BCUT2D eigenvalue weighted by Gasteiger charge is 2.27. The third kappa shape index (κ3) is 1.53. The largest absolute Gasteiger partial charge is 0.398 e. The number of hydrogen-bond donors (Lipinski definition) is 1. The fourth-order valence-electron chi connectivity index (χ4n) is 3.31. The third-order valence-electron chi connectivity index (χ3n) is 4.49. The number of nitrogen functional groups attached to an aromatic ring is 1. The molecule has 4 rings (SSSR count). The second kappa shape index (κ2) is 3.74. The quantitative estimate of drug-likeness (QED) is 0.816. The Morgan fingerprint density at radius 3 is 2.61 bits per heavy atom. The summed E-state index contributed by atoms with van der Waals surface area (Å²) in [7, 11) is 0. The summed E-state index contributed by atoms with van der Waals surface area (Å²) >= 11 is 0. The van der Waals surface area contributed by atoms with Crippen LogP contribution in [-0.2, 0) is 0 Å². The van der Waals surface area contributed by atoms with Crippen LogP contribution >= 0.6 is 0 Å². The van der Waals surface area contributed by atoms with Gasteiger partial charge in [0.15, 0.2) is 0 Å². The average molecular weight is 241 g/mol. The predicted octanol–water partition coefficient (Wildman–Crippen LogP) is 3.61. The standard InChI is InChI=1S/C15H19N3/c16-14-7-11-9-17-18(12-3-1-2-4-12)15(11)8-13(14)10-5-6-10/h7-10,12H,1-6,16H2. The minimum atomic E-state index is 0.609. The van der Waals surface area contributed by atoms with Crippen molar-refractivity contribution < 1.29 is 0 Å². The molecule has 3 heteroatoms. The molecular weight excluding hydrogens is 222 g/mol. The van der Waals surface area contributed by atoms with Gasteiger partial charge in [-0.25, -0.2) is 0 Å². The van der Waals surface area contributed by atoms with Crippen LogP contribution in [0.2, 0.25) is 0 Å². The number of benzene rings is 1. The van der Waals surface area contributed by atoms with Crippen LogP contribution in [0.5, 0.6) is 0 Å². The van der Waals surface area contributed by atoms with E-state index in [0.29, 0.717) is 12.0 Å². The lowest BCUT2D eigenvalue weighted by Gasteiger charge is -2.12. The lowest BCUT2D eigenvalue weighted by atomic mass is 10.1. The molecule has 1 aromatic carbocycles. The van der Waals surface area contributed by atoms with E-state index in [-0.39, 0.29) is 0 Å². The van der Waals surface area contributed by atoms with Crippen molar-refractivity contribution in [3.05, 3.63) is 23.9 Å². The van der Waals surface area contributed by atoms with E-state index in [0.717, 1.165) is 5.69 Å². The molecule has 2 saturated carbocycles. The summed E-state index contributed by atoms with van der Waals surface area (Å²) in [6.45, 7) is 0. The first-order chi connectivity index (χ1) is 8.83. The Hall–Kier alpha value is -1.51. The SMILES string of the molecule is Nc1cc2cnn(C3CCCC3)c2cc1C1CC1. The highest BCUT2D eigenvalue weighted by Crippen LogP contribution is 2.44. The summed E-state index contributed by atoms with van der Waals surface area (Å²) in [5, 5.41) is 5.80. The number of nitrogens with zero attached hydrogens (tertiary/aromatic N) is 2. The molecular formula is C15H19N3. The molecule has 2 N–H and O–H groups in total. The van der Waals surface area contributed by atoms with Crippen LogP contribution in [0.4, 0.5) is 5.69 Å². The molecule has 1 heterocycles. The smallest absolute Gasteiger partial charge is 0.0690 e. The summed E-state index contributed by atoms with van der Waals surface area (Å²) in [5.74, 6) is 0.710. The number of anilines is 1. The van der Waals surface area contributed by atoms with Crippen LogP contribution in [0.3, 0.4) is 0 Å². The zero-order valence-electron chi connectivity index (χ0n) is 10.6. The van der Waals surface area contributed by atoms with Gasteiger partial charge in [0.25, 0.3) is 0 Å². The van der Waals surface area contributed by atoms with Crippen molar-refractivity contribution in [2.24, 2.45) is 0 Å². The van der Waals surface area contributed by atoms with Crippen molar-refractivity contribution in [3.63, 3.8) is 0 Å². The molecule has 0 bridgehead atoms. The molecule has 0 atom stereocenters. The van der Waals surface area contributed by atoms with E-state index in [1.54, 1.807) is 0 Å². The summed E-state index contributed by atoms with van der Waals surface area (Å²) in [6.07, 6.45) is 9.81. The fraction of sp³-hybridized carbons (Fsp3) is 0.533. The Balaban J connectivity index is 1.85. The molecule has 0 radical (unpaired) electrons. The van der Waals surface area contributed by atoms with Crippen LogP contribution in [0.15, 0.2) is 18.3 Å². The minimum absolute atomic E-state index is 0.609. The summed E-state index contributed by atoms with van der Waals surface area (Å²) in [6, 6.07) is 5.02. The molecule has 0 saturated heterocycles. The van der Waals surface area contributed by atoms with Crippen molar-refractivity contribution in [1.29, 1.82) is 0 Å². The van der Waals surface area contributed by atoms with E-state index in [2.05, 4.69) is 21.9 Å². The van der Waals surface area contributed by atoms with Crippen LogP contribution in [-0.4, -0.2) is 9.78 Å². The first kappa shape index (κ1) is 10.4. The number of hydrogen-bond acceptors (Lipinski definition) is 2. The van der Waals surface area contributed by atoms with E-state index < -0.39 is 0 Å².